The molecular formula is C5H2F8O4. The van der Waals surface area contributed by atoms with Gasteiger partial charge in [0.15, 0.2) is 0 Å². The molecule has 0 aliphatic carbocycles. The van der Waals surface area contributed by atoms with Crippen molar-refractivity contribution in [3.8, 4) is 0 Å². The molecular weight excluding hydrogens is 276 g/mol. The highest BCUT2D eigenvalue weighted by Crippen LogP contribution is 2.43. The number of hydrogen-bond donors (Lipinski definition) is 2. The zero-order chi connectivity index (χ0) is 14.3. The number of carbonyl (C=O) groups is 1. The second kappa shape index (κ2) is 3.94. The van der Waals surface area contributed by atoms with E-state index >= 15 is 0 Å². The van der Waals surface area contributed by atoms with Crippen LogP contribution in [0.1, 0.15) is 0 Å². The van der Waals surface area contributed by atoms with Crippen LogP contribution >= 0.6 is 0 Å². The monoisotopic (exact) mass is 278 g/mol. The highest BCUT2D eigenvalue weighted by atomic mass is 19.4. The second-order valence-corrected chi connectivity index (χ2v) is 2.56. The Kier molecular flexibility index (Phi) is 3.67. The van der Waals surface area contributed by atoms with E-state index in [9.17, 15) is 39.9 Å². The van der Waals surface area contributed by atoms with Crippen molar-refractivity contribution in [2.75, 3.05) is 0 Å². The molecule has 0 aliphatic heterocycles. The molecule has 0 aromatic rings. The molecule has 0 aliphatic rings. The fraction of sp³-hybridized carbons (Fsp3) is 0.800. The Morgan fingerprint density at radius 2 is 1.29 bits per heavy atom. The SMILES string of the molecule is O=C(O)C(F)(OC(F)(F)C(O)(F)F)C(F)(F)F. The maximum Gasteiger partial charge on any atom is 0.460 e. The first kappa shape index (κ1) is 15.8. The van der Waals surface area contributed by atoms with Gasteiger partial charge in [-0.3, -0.25) is 4.74 Å². The molecule has 0 bridgehead atoms. The van der Waals surface area contributed by atoms with Crippen LogP contribution < -0.4 is 0 Å². The Bertz CT molecular complexity index is 306. The summed E-state index contributed by atoms with van der Waals surface area (Å²) in [6.07, 6.45) is -19.2. The molecule has 1 atom stereocenters. The van der Waals surface area contributed by atoms with Crippen LogP contribution in [0.2, 0.25) is 0 Å². The smallest absolute Gasteiger partial charge is 0.460 e. The van der Waals surface area contributed by atoms with Gasteiger partial charge in [-0.25, -0.2) is 4.79 Å². The lowest BCUT2D eigenvalue weighted by Gasteiger charge is -2.29. The molecule has 0 spiro atoms. The quantitative estimate of drug-likeness (QED) is 0.765. The number of aliphatic hydroxyl groups is 1. The van der Waals surface area contributed by atoms with Crippen LogP contribution in [0.5, 0.6) is 0 Å². The van der Waals surface area contributed by atoms with Crippen LogP contribution in [0.25, 0.3) is 0 Å². The Labute approximate surface area is 86.4 Å². The maximum atomic E-state index is 12.6. The molecule has 102 valence electrons. The topological polar surface area (TPSA) is 66.8 Å². The number of hydrogen-bond acceptors (Lipinski definition) is 3. The molecule has 17 heavy (non-hydrogen) atoms. The summed E-state index contributed by atoms with van der Waals surface area (Å²) in [5, 5.41) is 15.1. The van der Waals surface area contributed by atoms with Gasteiger partial charge in [0.1, 0.15) is 0 Å². The van der Waals surface area contributed by atoms with Gasteiger partial charge in [-0.15, -0.1) is 0 Å². The standard InChI is InChI=1S/C5H2F8O4/c6-2(1(14)15,3(7,8)9)17-5(12,13)4(10,11)16/h16H,(H,14,15). The third-order valence-corrected chi connectivity index (χ3v) is 1.26. The molecule has 0 rings (SSSR count). The third-order valence-electron chi connectivity index (χ3n) is 1.26. The number of halogens is 8. The highest BCUT2D eigenvalue weighted by Gasteiger charge is 2.72. The Balaban J connectivity index is 5.39. The van der Waals surface area contributed by atoms with Gasteiger partial charge in [0, 0.05) is 0 Å². The number of alkyl halides is 8. The number of carboxylic acid groups (broad SMARTS) is 1. The largest absolute Gasteiger partial charge is 0.477 e. The van der Waals surface area contributed by atoms with Crippen molar-refractivity contribution in [3.05, 3.63) is 0 Å². The maximum absolute atomic E-state index is 12.6. The van der Waals surface area contributed by atoms with Crippen molar-refractivity contribution in [2.45, 2.75) is 24.2 Å². The van der Waals surface area contributed by atoms with E-state index in [1.165, 1.54) is 0 Å². The predicted octanol–water partition coefficient (Wildman–Crippen LogP) is 1.49. The molecule has 0 heterocycles. The van der Waals surface area contributed by atoms with Crippen LogP contribution in [0.3, 0.4) is 0 Å². The number of ether oxygens (including phenoxy) is 1. The molecule has 2 N–H and O–H groups in total. The van der Waals surface area contributed by atoms with Crippen molar-refractivity contribution >= 4 is 5.97 Å². The average Bonchev–Trinajstić information content (AvgIpc) is 1.98. The summed E-state index contributed by atoms with van der Waals surface area (Å²) in [7, 11) is 0. The second-order valence-electron chi connectivity index (χ2n) is 2.56. The summed E-state index contributed by atoms with van der Waals surface area (Å²) in [4.78, 5) is 9.79. The zero-order valence-electron chi connectivity index (χ0n) is 7.23. The van der Waals surface area contributed by atoms with Gasteiger partial charge in [0.05, 0.1) is 0 Å². The van der Waals surface area contributed by atoms with Crippen LogP contribution in [-0.2, 0) is 9.53 Å². The van der Waals surface area contributed by atoms with Crippen molar-refractivity contribution < 1.29 is 54.9 Å². The van der Waals surface area contributed by atoms with Gasteiger partial charge in [-0.2, -0.15) is 35.1 Å². The van der Waals surface area contributed by atoms with E-state index in [4.69, 9.17) is 10.2 Å². The van der Waals surface area contributed by atoms with E-state index in [1.54, 1.807) is 0 Å². The summed E-state index contributed by atoms with van der Waals surface area (Å²) in [6, 6.07) is 0. The molecule has 0 amide bonds. The number of carboxylic acids is 1. The lowest BCUT2D eigenvalue weighted by atomic mass is 10.3. The van der Waals surface area contributed by atoms with E-state index < -0.39 is 30.2 Å². The lowest BCUT2D eigenvalue weighted by molar-refractivity contribution is -0.475. The molecule has 0 saturated carbocycles. The average molecular weight is 278 g/mol. The van der Waals surface area contributed by atoms with Crippen LogP contribution in [0.15, 0.2) is 0 Å². The first-order valence-corrected chi connectivity index (χ1v) is 3.32. The van der Waals surface area contributed by atoms with Gasteiger partial charge in [-0.1, -0.05) is 0 Å². The fourth-order valence-corrected chi connectivity index (χ4v) is 0.461. The van der Waals surface area contributed by atoms with Crippen LogP contribution in [0, 0.1) is 0 Å². The normalized spacial score (nSPS) is 17.7. The minimum atomic E-state index is -6.56. The predicted molar refractivity (Wildman–Crippen MR) is 30.7 cm³/mol. The summed E-state index contributed by atoms with van der Waals surface area (Å²) in [5.41, 5.74) is 0. The van der Waals surface area contributed by atoms with Crippen molar-refractivity contribution in [1.29, 1.82) is 0 Å². The Hall–Kier alpha value is -1.17. The molecule has 12 heteroatoms. The van der Waals surface area contributed by atoms with Gasteiger partial charge < -0.3 is 10.2 Å². The summed E-state index contributed by atoms with van der Waals surface area (Å²) in [5.74, 6) is -9.73. The number of rotatable bonds is 4. The lowest BCUT2D eigenvalue weighted by Crippen LogP contribution is -2.58. The molecule has 0 aromatic heterocycles. The first-order chi connectivity index (χ1) is 7.15. The van der Waals surface area contributed by atoms with Gasteiger partial charge in [-0.05, 0) is 0 Å². The fourth-order valence-electron chi connectivity index (χ4n) is 0.461. The van der Waals surface area contributed by atoms with E-state index in [1.807, 2.05) is 4.74 Å². The van der Waals surface area contributed by atoms with E-state index in [-0.39, 0.29) is 0 Å². The van der Waals surface area contributed by atoms with E-state index in [0.717, 1.165) is 0 Å². The molecule has 4 nitrogen and oxygen atoms in total. The van der Waals surface area contributed by atoms with Crippen molar-refractivity contribution in [1.82, 2.24) is 0 Å². The molecule has 0 radical (unpaired) electrons. The molecule has 1 unspecified atom stereocenters. The highest BCUT2D eigenvalue weighted by molar-refractivity contribution is 5.76. The van der Waals surface area contributed by atoms with E-state index in [0.29, 0.717) is 0 Å². The minimum absolute atomic E-state index is 1.89. The Morgan fingerprint density at radius 3 is 1.47 bits per heavy atom. The van der Waals surface area contributed by atoms with Crippen molar-refractivity contribution in [2.24, 2.45) is 0 Å². The zero-order valence-corrected chi connectivity index (χ0v) is 7.23. The third kappa shape index (κ3) is 2.94. The summed E-state index contributed by atoms with van der Waals surface area (Å²) >= 11 is 0. The minimum Gasteiger partial charge on any atom is -0.477 e. The Morgan fingerprint density at radius 1 is 0.941 bits per heavy atom. The number of aliphatic carboxylic acids is 1. The first-order valence-electron chi connectivity index (χ1n) is 3.32. The molecule has 0 saturated heterocycles. The molecule has 0 fully saturated rings. The molecule has 0 aromatic carbocycles. The van der Waals surface area contributed by atoms with Crippen LogP contribution in [-0.4, -0.2) is 40.4 Å². The van der Waals surface area contributed by atoms with Crippen molar-refractivity contribution in [3.63, 3.8) is 0 Å². The van der Waals surface area contributed by atoms with Gasteiger partial charge >= 0.3 is 30.2 Å². The van der Waals surface area contributed by atoms with Crippen LogP contribution in [0.4, 0.5) is 35.1 Å². The van der Waals surface area contributed by atoms with Gasteiger partial charge in [0.2, 0.25) is 0 Å². The summed E-state index contributed by atoms with van der Waals surface area (Å²) in [6.45, 7) is 0. The van der Waals surface area contributed by atoms with E-state index in [2.05, 4.69) is 0 Å². The summed E-state index contributed by atoms with van der Waals surface area (Å²) < 4.78 is 97.1. The van der Waals surface area contributed by atoms with Gasteiger partial charge in [0.25, 0.3) is 0 Å².